The molecule has 0 fully saturated rings. The van der Waals surface area contributed by atoms with Crippen molar-refractivity contribution in [2.75, 3.05) is 31.6 Å². The van der Waals surface area contributed by atoms with Crippen LogP contribution in [-0.4, -0.2) is 42.6 Å². The minimum Gasteiger partial charge on any atom is -0.493 e. The fourth-order valence-electron chi connectivity index (χ4n) is 3.79. The van der Waals surface area contributed by atoms with Gasteiger partial charge in [0.15, 0.2) is 23.0 Å². The number of amides is 2. The number of anilines is 2. The van der Waals surface area contributed by atoms with E-state index in [9.17, 15) is 9.59 Å². The van der Waals surface area contributed by atoms with Crippen LogP contribution in [0.2, 0.25) is 0 Å². The number of rotatable bonds is 5. The molecule has 1 aromatic heterocycles. The van der Waals surface area contributed by atoms with Gasteiger partial charge >= 0.3 is 0 Å². The largest absolute Gasteiger partial charge is 0.493 e. The van der Waals surface area contributed by atoms with Gasteiger partial charge in [0, 0.05) is 17.3 Å². The van der Waals surface area contributed by atoms with Crippen molar-refractivity contribution >= 4 is 23.3 Å². The summed E-state index contributed by atoms with van der Waals surface area (Å²) in [6.45, 7) is 0.144. The Hall–Kier alpha value is -4.21. The number of benzene rings is 2. The molecular weight excluding hydrogens is 416 g/mol. The molecule has 1 atom stereocenters. The van der Waals surface area contributed by atoms with Gasteiger partial charge in [-0.05, 0) is 29.8 Å². The summed E-state index contributed by atoms with van der Waals surface area (Å²) < 4.78 is 22.8. The third kappa shape index (κ3) is 3.35. The molecular formula is C22H20N4O6. The SMILES string of the molecule is COc1ccc(-c2cnn3c2NC(=O)C[C@H]3C(=O)Nc2ccc3c(c2)OCO3)cc1OC. The van der Waals surface area contributed by atoms with Crippen LogP contribution in [0.1, 0.15) is 12.5 Å². The molecule has 2 aliphatic rings. The number of nitrogens with zero attached hydrogens (tertiary/aromatic N) is 2. The fraction of sp³-hybridized carbons (Fsp3) is 0.227. The lowest BCUT2D eigenvalue weighted by atomic mass is 10.1. The quantitative estimate of drug-likeness (QED) is 0.632. The second-order valence-corrected chi connectivity index (χ2v) is 7.25. The third-order valence-electron chi connectivity index (χ3n) is 5.36. The Bertz CT molecular complexity index is 1220. The van der Waals surface area contributed by atoms with Crippen molar-refractivity contribution in [1.29, 1.82) is 0 Å². The standard InChI is InChI=1S/C22H20N4O6/c1-29-16-5-3-12(7-18(16)30-2)14-10-23-26-15(9-20(27)25-21(14)26)22(28)24-13-4-6-17-19(8-13)32-11-31-17/h3-8,10,15H,9,11H2,1-2H3,(H,24,28)(H,25,27)/t15-/m0/s1. The molecule has 2 aromatic carbocycles. The van der Waals surface area contributed by atoms with Crippen LogP contribution in [0.4, 0.5) is 11.5 Å². The molecule has 0 saturated heterocycles. The molecule has 0 spiro atoms. The van der Waals surface area contributed by atoms with Crippen LogP contribution in [0.15, 0.2) is 42.6 Å². The number of hydrogen-bond acceptors (Lipinski definition) is 7. The zero-order valence-corrected chi connectivity index (χ0v) is 17.4. The van der Waals surface area contributed by atoms with Crippen LogP contribution in [0.25, 0.3) is 11.1 Å². The summed E-state index contributed by atoms with van der Waals surface area (Å²) in [4.78, 5) is 25.5. The van der Waals surface area contributed by atoms with Crippen molar-refractivity contribution in [3.8, 4) is 34.1 Å². The number of ether oxygens (including phenoxy) is 4. The highest BCUT2D eigenvalue weighted by Gasteiger charge is 2.33. The summed E-state index contributed by atoms with van der Waals surface area (Å²) in [6.07, 6.45) is 1.58. The minimum absolute atomic E-state index is 0.0313. The van der Waals surface area contributed by atoms with Gasteiger partial charge in [-0.25, -0.2) is 4.68 Å². The van der Waals surface area contributed by atoms with Crippen molar-refractivity contribution in [3.63, 3.8) is 0 Å². The first-order valence-corrected chi connectivity index (χ1v) is 9.87. The predicted octanol–water partition coefficient (Wildman–Crippen LogP) is 2.82. The summed E-state index contributed by atoms with van der Waals surface area (Å²) >= 11 is 0. The monoisotopic (exact) mass is 436 g/mol. The Kier molecular flexibility index (Phi) is 4.81. The number of nitrogens with one attached hydrogen (secondary N) is 2. The van der Waals surface area contributed by atoms with Crippen molar-refractivity contribution < 1.29 is 28.5 Å². The molecule has 10 nitrogen and oxygen atoms in total. The van der Waals surface area contributed by atoms with Crippen molar-refractivity contribution in [3.05, 3.63) is 42.6 Å². The Morgan fingerprint density at radius 2 is 1.94 bits per heavy atom. The summed E-state index contributed by atoms with van der Waals surface area (Å²) in [5.74, 6) is 2.12. The third-order valence-corrected chi connectivity index (χ3v) is 5.36. The van der Waals surface area contributed by atoms with E-state index in [4.69, 9.17) is 18.9 Å². The Morgan fingerprint density at radius 1 is 1.12 bits per heavy atom. The highest BCUT2D eigenvalue weighted by molar-refractivity contribution is 6.03. The number of fused-ring (bicyclic) bond motifs is 2. The highest BCUT2D eigenvalue weighted by atomic mass is 16.7. The van der Waals surface area contributed by atoms with E-state index in [1.165, 1.54) is 4.68 Å². The zero-order chi connectivity index (χ0) is 22.2. The molecule has 2 amide bonds. The molecule has 0 bridgehead atoms. The van der Waals surface area contributed by atoms with Gasteiger partial charge < -0.3 is 29.6 Å². The molecule has 164 valence electrons. The lowest BCUT2D eigenvalue weighted by Gasteiger charge is -2.24. The molecule has 3 aromatic rings. The predicted molar refractivity (Wildman–Crippen MR) is 114 cm³/mol. The molecule has 3 heterocycles. The van der Waals surface area contributed by atoms with E-state index < -0.39 is 6.04 Å². The first kappa shape index (κ1) is 19.7. The number of methoxy groups -OCH3 is 2. The summed E-state index contributed by atoms with van der Waals surface area (Å²) in [7, 11) is 3.11. The smallest absolute Gasteiger partial charge is 0.249 e. The molecule has 2 aliphatic heterocycles. The van der Waals surface area contributed by atoms with Crippen LogP contribution in [0, 0.1) is 0 Å². The van der Waals surface area contributed by atoms with Gasteiger partial charge in [-0.2, -0.15) is 5.10 Å². The summed E-state index contributed by atoms with van der Waals surface area (Å²) in [5.41, 5.74) is 1.97. The first-order chi connectivity index (χ1) is 15.6. The average Bonchev–Trinajstić information content (AvgIpc) is 3.44. The zero-order valence-electron chi connectivity index (χ0n) is 17.4. The normalized spacial score (nSPS) is 16.2. The molecule has 32 heavy (non-hydrogen) atoms. The summed E-state index contributed by atoms with van der Waals surface area (Å²) in [5, 5.41) is 10.1. The highest BCUT2D eigenvalue weighted by Crippen LogP contribution is 2.39. The maximum absolute atomic E-state index is 13.0. The van der Waals surface area contributed by atoms with Crippen LogP contribution >= 0.6 is 0 Å². The van der Waals surface area contributed by atoms with Gasteiger partial charge in [-0.3, -0.25) is 9.59 Å². The van der Waals surface area contributed by atoms with Gasteiger partial charge in [-0.15, -0.1) is 0 Å². The van der Waals surface area contributed by atoms with Crippen LogP contribution in [-0.2, 0) is 9.59 Å². The molecule has 5 rings (SSSR count). The lowest BCUT2D eigenvalue weighted by molar-refractivity contribution is -0.125. The van der Waals surface area contributed by atoms with Crippen molar-refractivity contribution in [1.82, 2.24) is 9.78 Å². The van der Waals surface area contributed by atoms with Crippen LogP contribution in [0.5, 0.6) is 23.0 Å². The van der Waals surface area contributed by atoms with Crippen LogP contribution < -0.4 is 29.6 Å². The minimum atomic E-state index is -0.807. The molecule has 0 radical (unpaired) electrons. The maximum Gasteiger partial charge on any atom is 0.249 e. The van der Waals surface area contributed by atoms with Gasteiger partial charge in [-0.1, -0.05) is 6.07 Å². The van der Waals surface area contributed by atoms with Gasteiger partial charge in [0.25, 0.3) is 0 Å². The average molecular weight is 436 g/mol. The number of aromatic nitrogens is 2. The van der Waals surface area contributed by atoms with Crippen molar-refractivity contribution in [2.45, 2.75) is 12.5 Å². The second kappa shape index (κ2) is 7.80. The van der Waals surface area contributed by atoms with Crippen molar-refractivity contribution in [2.24, 2.45) is 0 Å². The van der Waals surface area contributed by atoms with Crippen LogP contribution in [0.3, 0.4) is 0 Å². The van der Waals surface area contributed by atoms with Gasteiger partial charge in [0.2, 0.25) is 18.6 Å². The first-order valence-electron chi connectivity index (χ1n) is 9.87. The fourth-order valence-corrected chi connectivity index (χ4v) is 3.79. The number of hydrogen-bond donors (Lipinski definition) is 2. The maximum atomic E-state index is 13.0. The van der Waals surface area contributed by atoms with E-state index in [-0.39, 0.29) is 25.0 Å². The lowest BCUT2D eigenvalue weighted by Crippen LogP contribution is -2.35. The Labute approximate surface area is 183 Å². The molecule has 0 unspecified atom stereocenters. The van der Waals surface area contributed by atoms with E-state index in [1.54, 1.807) is 50.7 Å². The number of carbonyl (C=O) groups excluding carboxylic acids is 2. The Morgan fingerprint density at radius 3 is 2.75 bits per heavy atom. The molecule has 0 aliphatic carbocycles. The second-order valence-electron chi connectivity index (χ2n) is 7.25. The molecule has 2 N–H and O–H groups in total. The Balaban J connectivity index is 1.45. The van der Waals surface area contributed by atoms with E-state index in [0.29, 0.717) is 40.1 Å². The molecule has 10 heteroatoms. The van der Waals surface area contributed by atoms with Gasteiger partial charge in [0.1, 0.15) is 11.9 Å². The van der Waals surface area contributed by atoms with E-state index >= 15 is 0 Å². The number of carbonyl (C=O) groups is 2. The summed E-state index contributed by atoms with van der Waals surface area (Å²) in [6, 6.07) is 9.71. The van der Waals surface area contributed by atoms with E-state index in [1.807, 2.05) is 6.07 Å². The van der Waals surface area contributed by atoms with E-state index in [0.717, 1.165) is 5.56 Å². The van der Waals surface area contributed by atoms with Gasteiger partial charge in [0.05, 0.1) is 26.8 Å². The molecule has 0 saturated carbocycles. The topological polar surface area (TPSA) is 113 Å². The van der Waals surface area contributed by atoms with E-state index in [2.05, 4.69) is 15.7 Å².